The third kappa shape index (κ3) is 3.48. The third-order valence-electron chi connectivity index (χ3n) is 3.75. The van der Waals surface area contributed by atoms with Crippen LogP contribution in [0.15, 0.2) is 60.9 Å². The first-order chi connectivity index (χ1) is 11.8. The van der Waals surface area contributed by atoms with Crippen molar-refractivity contribution in [1.82, 2.24) is 20.2 Å². The van der Waals surface area contributed by atoms with Gasteiger partial charge in [0.05, 0.1) is 5.69 Å². The summed E-state index contributed by atoms with van der Waals surface area (Å²) in [7, 11) is 0. The number of hydrogen-bond donors (Lipinski definition) is 0. The molecule has 0 saturated heterocycles. The van der Waals surface area contributed by atoms with Crippen molar-refractivity contribution in [3.05, 3.63) is 66.5 Å². The molecule has 24 heavy (non-hydrogen) atoms. The maximum absolute atomic E-state index is 13.0. The second-order valence-electron chi connectivity index (χ2n) is 5.45. The maximum Gasteiger partial charge on any atom is 0.258 e. The third-order valence-corrected chi connectivity index (χ3v) is 3.75. The molecule has 0 aliphatic heterocycles. The first-order valence-corrected chi connectivity index (χ1v) is 8.00. The fourth-order valence-corrected chi connectivity index (χ4v) is 2.49. The van der Waals surface area contributed by atoms with Crippen molar-refractivity contribution in [1.29, 1.82) is 0 Å². The SMILES string of the molecule is CCCCN(C(=O)c1cccc(-n2cnnn2)c1)c1ccccc1. The van der Waals surface area contributed by atoms with Gasteiger partial charge < -0.3 is 4.90 Å². The average molecular weight is 321 g/mol. The first kappa shape index (κ1) is 15.9. The number of carbonyl (C=O) groups is 1. The summed E-state index contributed by atoms with van der Waals surface area (Å²) >= 11 is 0. The minimum atomic E-state index is -0.0235. The highest BCUT2D eigenvalue weighted by Crippen LogP contribution is 2.19. The summed E-state index contributed by atoms with van der Waals surface area (Å²) < 4.78 is 1.54. The molecule has 0 spiro atoms. The number of hydrogen-bond acceptors (Lipinski definition) is 4. The van der Waals surface area contributed by atoms with Gasteiger partial charge in [-0.25, -0.2) is 4.68 Å². The summed E-state index contributed by atoms with van der Waals surface area (Å²) in [5, 5.41) is 11.1. The number of para-hydroxylation sites is 1. The molecule has 0 bridgehead atoms. The second kappa shape index (κ2) is 7.50. The molecular weight excluding hydrogens is 302 g/mol. The summed E-state index contributed by atoms with van der Waals surface area (Å²) in [4.78, 5) is 14.9. The van der Waals surface area contributed by atoms with Gasteiger partial charge in [0.15, 0.2) is 0 Å². The van der Waals surface area contributed by atoms with Gasteiger partial charge in [-0.2, -0.15) is 0 Å². The number of benzene rings is 2. The van der Waals surface area contributed by atoms with Crippen LogP contribution in [0, 0.1) is 0 Å². The number of anilines is 1. The number of aromatic nitrogens is 4. The lowest BCUT2D eigenvalue weighted by Gasteiger charge is -2.23. The van der Waals surface area contributed by atoms with Crippen molar-refractivity contribution >= 4 is 11.6 Å². The topological polar surface area (TPSA) is 63.9 Å². The lowest BCUT2D eigenvalue weighted by Crippen LogP contribution is -2.32. The standard InChI is InChI=1S/C18H19N5O/c1-2-3-12-22(16-9-5-4-6-10-16)18(24)15-8-7-11-17(13-15)23-14-19-20-21-23/h4-11,13-14H,2-3,12H2,1H3. The fourth-order valence-electron chi connectivity index (χ4n) is 2.49. The molecule has 1 heterocycles. The smallest absolute Gasteiger partial charge is 0.258 e. The predicted octanol–water partition coefficient (Wildman–Crippen LogP) is 3.11. The van der Waals surface area contributed by atoms with Crippen molar-refractivity contribution in [3.8, 4) is 5.69 Å². The van der Waals surface area contributed by atoms with Crippen LogP contribution in [0.1, 0.15) is 30.1 Å². The van der Waals surface area contributed by atoms with Crippen LogP contribution < -0.4 is 4.90 Å². The Morgan fingerprint density at radius 1 is 1.12 bits per heavy atom. The zero-order valence-electron chi connectivity index (χ0n) is 13.5. The van der Waals surface area contributed by atoms with E-state index in [1.807, 2.05) is 53.4 Å². The van der Waals surface area contributed by atoms with E-state index < -0.39 is 0 Å². The van der Waals surface area contributed by atoms with E-state index in [9.17, 15) is 4.79 Å². The average Bonchev–Trinajstić information content (AvgIpc) is 3.18. The Morgan fingerprint density at radius 3 is 2.67 bits per heavy atom. The Bertz CT molecular complexity index is 786. The Hall–Kier alpha value is -3.02. The molecule has 1 amide bonds. The second-order valence-corrected chi connectivity index (χ2v) is 5.45. The highest BCUT2D eigenvalue weighted by atomic mass is 16.2. The van der Waals surface area contributed by atoms with Crippen molar-refractivity contribution in [2.75, 3.05) is 11.4 Å². The largest absolute Gasteiger partial charge is 0.308 e. The molecule has 0 aliphatic carbocycles. The molecular formula is C18H19N5O. The minimum Gasteiger partial charge on any atom is -0.308 e. The number of amides is 1. The highest BCUT2D eigenvalue weighted by molar-refractivity contribution is 6.06. The predicted molar refractivity (Wildman–Crippen MR) is 92.2 cm³/mol. The minimum absolute atomic E-state index is 0.0235. The molecule has 0 saturated carbocycles. The van der Waals surface area contributed by atoms with E-state index in [-0.39, 0.29) is 5.91 Å². The summed E-state index contributed by atoms with van der Waals surface area (Å²) in [6.07, 6.45) is 3.49. The highest BCUT2D eigenvalue weighted by Gasteiger charge is 2.17. The normalized spacial score (nSPS) is 10.5. The van der Waals surface area contributed by atoms with Gasteiger partial charge in [-0.15, -0.1) is 5.10 Å². The molecule has 3 rings (SSSR count). The number of tetrazole rings is 1. The molecule has 0 unspecified atom stereocenters. The molecule has 6 nitrogen and oxygen atoms in total. The Balaban J connectivity index is 1.91. The molecule has 122 valence electrons. The van der Waals surface area contributed by atoms with Crippen LogP contribution in [0.4, 0.5) is 5.69 Å². The van der Waals surface area contributed by atoms with E-state index in [2.05, 4.69) is 22.4 Å². The number of unbranched alkanes of at least 4 members (excludes halogenated alkanes) is 1. The van der Waals surface area contributed by atoms with Crippen LogP contribution in [0.25, 0.3) is 5.69 Å². The van der Waals surface area contributed by atoms with Crippen molar-refractivity contribution < 1.29 is 4.79 Å². The lowest BCUT2D eigenvalue weighted by molar-refractivity contribution is 0.0986. The molecule has 0 N–H and O–H groups in total. The van der Waals surface area contributed by atoms with Gasteiger partial charge in [0.2, 0.25) is 0 Å². The Labute approximate surface area is 140 Å². The quantitative estimate of drug-likeness (QED) is 0.700. The summed E-state index contributed by atoms with van der Waals surface area (Å²) in [5.74, 6) is -0.0235. The van der Waals surface area contributed by atoms with Gasteiger partial charge in [0.25, 0.3) is 5.91 Å². The van der Waals surface area contributed by atoms with Crippen LogP contribution in [0.3, 0.4) is 0 Å². The summed E-state index contributed by atoms with van der Waals surface area (Å²) in [6.45, 7) is 2.81. The van der Waals surface area contributed by atoms with Crippen molar-refractivity contribution in [2.45, 2.75) is 19.8 Å². The summed E-state index contributed by atoms with van der Waals surface area (Å²) in [6, 6.07) is 17.1. The van der Waals surface area contributed by atoms with E-state index >= 15 is 0 Å². The molecule has 0 radical (unpaired) electrons. The number of carbonyl (C=O) groups excluding carboxylic acids is 1. The van der Waals surface area contributed by atoms with Gasteiger partial charge in [0, 0.05) is 17.8 Å². The van der Waals surface area contributed by atoms with Crippen LogP contribution in [0.2, 0.25) is 0 Å². The number of rotatable bonds is 6. The summed E-state index contributed by atoms with van der Waals surface area (Å²) in [5.41, 5.74) is 2.28. The zero-order chi connectivity index (χ0) is 16.8. The van der Waals surface area contributed by atoms with Crippen LogP contribution in [-0.4, -0.2) is 32.7 Å². The maximum atomic E-state index is 13.0. The fraction of sp³-hybridized carbons (Fsp3) is 0.222. The molecule has 1 aromatic heterocycles. The van der Waals surface area contributed by atoms with Gasteiger partial charge in [-0.1, -0.05) is 37.6 Å². The van der Waals surface area contributed by atoms with Gasteiger partial charge in [-0.05, 0) is 47.2 Å². The van der Waals surface area contributed by atoms with Gasteiger partial charge in [-0.3, -0.25) is 4.79 Å². The molecule has 3 aromatic rings. The first-order valence-electron chi connectivity index (χ1n) is 8.00. The number of nitrogens with zero attached hydrogens (tertiary/aromatic N) is 5. The Kier molecular flexibility index (Phi) is 4.96. The molecule has 0 aliphatic rings. The monoisotopic (exact) mass is 321 g/mol. The van der Waals surface area contributed by atoms with E-state index in [4.69, 9.17) is 0 Å². The van der Waals surface area contributed by atoms with Gasteiger partial charge >= 0.3 is 0 Å². The van der Waals surface area contributed by atoms with Gasteiger partial charge in [0.1, 0.15) is 6.33 Å². The van der Waals surface area contributed by atoms with Crippen molar-refractivity contribution in [2.24, 2.45) is 0 Å². The van der Waals surface area contributed by atoms with Crippen LogP contribution in [0.5, 0.6) is 0 Å². The molecule has 2 aromatic carbocycles. The van der Waals surface area contributed by atoms with Crippen LogP contribution >= 0.6 is 0 Å². The lowest BCUT2D eigenvalue weighted by atomic mass is 10.1. The Morgan fingerprint density at radius 2 is 1.96 bits per heavy atom. The van der Waals surface area contributed by atoms with E-state index in [0.717, 1.165) is 24.2 Å². The van der Waals surface area contributed by atoms with E-state index in [1.54, 1.807) is 6.07 Å². The molecule has 0 fully saturated rings. The zero-order valence-corrected chi connectivity index (χ0v) is 13.5. The van der Waals surface area contributed by atoms with E-state index in [1.165, 1.54) is 11.0 Å². The van der Waals surface area contributed by atoms with E-state index in [0.29, 0.717) is 12.1 Å². The van der Waals surface area contributed by atoms with Crippen molar-refractivity contribution in [3.63, 3.8) is 0 Å². The van der Waals surface area contributed by atoms with Crippen LogP contribution in [-0.2, 0) is 0 Å². The molecule has 6 heteroatoms. The molecule has 0 atom stereocenters.